The number of benzene rings is 3. The van der Waals surface area contributed by atoms with E-state index in [4.69, 9.17) is 9.72 Å². The lowest BCUT2D eigenvalue weighted by molar-refractivity contribution is 0.414. The fraction of sp³-hybridized carbons (Fsp3) is 0.0800. The Balaban J connectivity index is 1.75. The number of nitrogens with zero attached hydrogens (tertiary/aromatic N) is 1. The van der Waals surface area contributed by atoms with Crippen molar-refractivity contribution in [1.29, 1.82) is 0 Å². The number of hydrogen-bond acceptors (Lipinski definition) is 2. The molecule has 0 radical (unpaired) electrons. The molecule has 0 saturated heterocycles. The summed E-state index contributed by atoms with van der Waals surface area (Å²) in [5, 5.41) is 0. The summed E-state index contributed by atoms with van der Waals surface area (Å²) in [5.41, 5.74) is 6.76. The minimum Gasteiger partial charge on any atom is -0.497 e. The third-order valence-electron chi connectivity index (χ3n) is 4.59. The first-order chi connectivity index (χ1) is 13.3. The van der Waals surface area contributed by atoms with Crippen LogP contribution < -0.4 is 4.74 Å². The van der Waals surface area contributed by atoms with E-state index in [9.17, 15) is 0 Å². The van der Waals surface area contributed by atoms with Crippen LogP contribution in [-0.4, -0.2) is 12.1 Å². The third kappa shape index (κ3) is 4.06. The van der Waals surface area contributed by atoms with Crippen LogP contribution in [0.1, 0.15) is 11.1 Å². The van der Waals surface area contributed by atoms with Crippen molar-refractivity contribution in [2.24, 2.45) is 0 Å². The molecule has 0 atom stereocenters. The van der Waals surface area contributed by atoms with Crippen molar-refractivity contribution in [1.82, 2.24) is 4.98 Å². The van der Waals surface area contributed by atoms with Crippen molar-refractivity contribution in [3.8, 4) is 28.3 Å². The molecule has 0 saturated carbocycles. The maximum Gasteiger partial charge on any atom is 0.118 e. The molecule has 132 valence electrons. The second-order valence-electron chi connectivity index (χ2n) is 6.50. The highest BCUT2D eigenvalue weighted by atomic mass is 16.5. The van der Waals surface area contributed by atoms with Gasteiger partial charge in [0.25, 0.3) is 0 Å². The van der Waals surface area contributed by atoms with Gasteiger partial charge in [0.05, 0.1) is 18.5 Å². The average Bonchev–Trinajstić information content (AvgIpc) is 2.75. The number of methoxy groups -OCH3 is 1. The Labute approximate surface area is 160 Å². The lowest BCUT2D eigenvalue weighted by Gasteiger charge is -2.10. The molecule has 0 fully saturated rings. The molecular formula is C25H21NO. The standard InChI is InChI=1S/C25H21NO/c1-27-23-14-12-19(13-15-23)16-20-17-24(21-8-4-2-5-9-21)26-25(18-20)22-10-6-3-7-11-22/h2-15,17-18H,16H2,1H3. The van der Waals surface area contributed by atoms with E-state index in [2.05, 4.69) is 72.8 Å². The van der Waals surface area contributed by atoms with Crippen LogP contribution in [-0.2, 0) is 6.42 Å². The number of rotatable bonds is 5. The van der Waals surface area contributed by atoms with E-state index in [0.717, 1.165) is 34.7 Å². The molecule has 2 heteroatoms. The quantitative estimate of drug-likeness (QED) is 0.439. The van der Waals surface area contributed by atoms with Crippen molar-refractivity contribution in [3.05, 3.63) is 108 Å². The van der Waals surface area contributed by atoms with Gasteiger partial charge in [0.2, 0.25) is 0 Å². The first kappa shape index (κ1) is 17.0. The van der Waals surface area contributed by atoms with E-state index in [1.165, 1.54) is 11.1 Å². The van der Waals surface area contributed by atoms with Crippen LogP contribution in [0.4, 0.5) is 0 Å². The van der Waals surface area contributed by atoms with Gasteiger partial charge in [-0.25, -0.2) is 4.98 Å². The summed E-state index contributed by atoms with van der Waals surface area (Å²) in [6.45, 7) is 0. The van der Waals surface area contributed by atoms with Gasteiger partial charge in [-0.1, -0.05) is 72.8 Å². The lowest BCUT2D eigenvalue weighted by atomic mass is 10.00. The van der Waals surface area contributed by atoms with E-state index in [0.29, 0.717) is 0 Å². The highest BCUT2D eigenvalue weighted by molar-refractivity contribution is 5.67. The van der Waals surface area contributed by atoms with Crippen LogP contribution in [0.3, 0.4) is 0 Å². The Morgan fingerprint density at radius 3 is 1.63 bits per heavy atom. The number of hydrogen-bond donors (Lipinski definition) is 0. The summed E-state index contributed by atoms with van der Waals surface area (Å²) < 4.78 is 5.26. The zero-order valence-electron chi connectivity index (χ0n) is 15.3. The van der Waals surface area contributed by atoms with Crippen LogP contribution in [0.5, 0.6) is 5.75 Å². The summed E-state index contributed by atoms with van der Waals surface area (Å²) in [5.74, 6) is 0.878. The average molecular weight is 351 g/mol. The van der Waals surface area contributed by atoms with Crippen LogP contribution >= 0.6 is 0 Å². The maximum absolute atomic E-state index is 5.26. The van der Waals surface area contributed by atoms with Gasteiger partial charge < -0.3 is 4.74 Å². The van der Waals surface area contributed by atoms with Crippen LogP contribution in [0.15, 0.2) is 97.1 Å². The maximum atomic E-state index is 5.26. The van der Waals surface area contributed by atoms with Gasteiger partial charge in [-0.15, -0.1) is 0 Å². The first-order valence-electron chi connectivity index (χ1n) is 9.06. The Bertz CT molecular complexity index is 951. The van der Waals surface area contributed by atoms with E-state index in [-0.39, 0.29) is 0 Å². The zero-order valence-corrected chi connectivity index (χ0v) is 15.3. The zero-order chi connectivity index (χ0) is 18.5. The first-order valence-corrected chi connectivity index (χ1v) is 9.06. The number of pyridine rings is 1. The monoisotopic (exact) mass is 351 g/mol. The van der Waals surface area contributed by atoms with Gasteiger partial charge in [0, 0.05) is 11.1 Å². The van der Waals surface area contributed by atoms with Gasteiger partial charge >= 0.3 is 0 Å². The summed E-state index contributed by atoms with van der Waals surface area (Å²) in [7, 11) is 1.69. The number of aromatic nitrogens is 1. The summed E-state index contributed by atoms with van der Waals surface area (Å²) in [6.07, 6.45) is 0.853. The molecule has 0 aliphatic rings. The molecule has 0 aliphatic carbocycles. The lowest BCUT2D eigenvalue weighted by Crippen LogP contribution is -1.95. The van der Waals surface area contributed by atoms with E-state index in [1.54, 1.807) is 7.11 Å². The highest BCUT2D eigenvalue weighted by Crippen LogP contribution is 2.26. The molecule has 0 N–H and O–H groups in total. The van der Waals surface area contributed by atoms with Gasteiger partial charge in [-0.05, 0) is 41.8 Å². The molecular weight excluding hydrogens is 330 g/mol. The molecule has 3 aromatic carbocycles. The molecule has 0 aliphatic heterocycles. The Hall–Kier alpha value is -3.39. The fourth-order valence-corrected chi connectivity index (χ4v) is 3.18. The minimum atomic E-state index is 0.853. The van der Waals surface area contributed by atoms with E-state index in [1.807, 2.05) is 24.3 Å². The third-order valence-corrected chi connectivity index (χ3v) is 4.59. The molecule has 1 aromatic heterocycles. The van der Waals surface area contributed by atoms with Gasteiger partial charge in [-0.3, -0.25) is 0 Å². The molecule has 4 aromatic rings. The Morgan fingerprint density at radius 1 is 0.630 bits per heavy atom. The molecule has 2 nitrogen and oxygen atoms in total. The SMILES string of the molecule is COc1ccc(Cc2cc(-c3ccccc3)nc(-c3ccccc3)c2)cc1. The number of ether oxygens (including phenoxy) is 1. The minimum absolute atomic E-state index is 0.853. The van der Waals surface area contributed by atoms with Crippen molar-refractivity contribution in [2.75, 3.05) is 7.11 Å². The molecule has 0 spiro atoms. The molecule has 0 amide bonds. The summed E-state index contributed by atoms with van der Waals surface area (Å²) >= 11 is 0. The van der Waals surface area contributed by atoms with Crippen LogP contribution in [0.2, 0.25) is 0 Å². The molecule has 27 heavy (non-hydrogen) atoms. The van der Waals surface area contributed by atoms with Gasteiger partial charge in [0.15, 0.2) is 0 Å². The normalized spacial score (nSPS) is 10.6. The van der Waals surface area contributed by atoms with Gasteiger partial charge in [0.1, 0.15) is 5.75 Å². The predicted molar refractivity (Wildman–Crippen MR) is 111 cm³/mol. The predicted octanol–water partition coefficient (Wildman–Crippen LogP) is 6.02. The van der Waals surface area contributed by atoms with E-state index < -0.39 is 0 Å². The van der Waals surface area contributed by atoms with Crippen molar-refractivity contribution in [3.63, 3.8) is 0 Å². The molecule has 1 heterocycles. The smallest absolute Gasteiger partial charge is 0.118 e. The molecule has 0 unspecified atom stereocenters. The Kier molecular flexibility index (Phi) is 4.97. The fourth-order valence-electron chi connectivity index (χ4n) is 3.18. The van der Waals surface area contributed by atoms with E-state index >= 15 is 0 Å². The largest absolute Gasteiger partial charge is 0.497 e. The topological polar surface area (TPSA) is 22.1 Å². The van der Waals surface area contributed by atoms with Crippen LogP contribution in [0, 0.1) is 0 Å². The van der Waals surface area contributed by atoms with Crippen molar-refractivity contribution in [2.45, 2.75) is 6.42 Å². The Morgan fingerprint density at radius 2 is 1.15 bits per heavy atom. The second kappa shape index (κ2) is 7.88. The summed E-state index contributed by atoms with van der Waals surface area (Å²) in [6, 6.07) is 33.3. The van der Waals surface area contributed by atoms with Crippen molar-refractivity contribution < 1.29 is 4.74 Å². The highest BCUT2D eigenvalue weighted by Gasteiger charge is 2.08. The van der Waals surface area contributed by atoms with Gasteiger partial charge in [-0.2, -0.15) is 0 Å². The summed E-state index contributed by atoms with van der Waals surface area (Å²) in [4.78, 5) is 4.92. The molecule has 4 rings (SSSR count). The second-order valence-corrected chi connectivity index (χ2v) is 6.50. The van der Waals surface area contributed by atoms with Crippen molar-refractivity contribution >= 4 is 0 Å². The molecule has 0 bridgehead atoms. The van der Waals surface area contributed by atoms with Crippen LogP contribution in [0.25, 0.3) is 22.5 Å².